The number of carbonyl (C=O) groups is 2. The zero-order valence-electron chi connectivity index (χ0n) is 16.0. The molecule has 0 radical (unpaired) electrons. The zero-order valence-corrected chi connectivity index (χ0v) is 16.0. The molecule has 0 aromatic carbocycles. The summed E-state index contributed by atoms with van der Waals surface area (Å²) in [5, 5.41) is 19.2. The summed E-state index contributed by atoms with van der Waals surface area (Å²) >= 11 is 0. The smallest absolute Gasteiger partial charge is 0.264 e. The number of pyridine rings is 1. The van der Waals surface area contributed by atoms with Crippen LogP contribution in [0.4, 0.5) is 0 Å². The molecule has 0 spiro atoms. The highest BCUT2D eigenvalue weighted by atomic mass is 16.5. The maximum Gasteiger partial charge on any atom is 0.264 e. The molecular formula is C19H23N5O5. The van der Waals surface area contributed by atoms with Gasteiger partial charge in [-0.25, -0.2) is 10.1 Å². The van der Waals surface area contributed by atoms with Crippen molar-refractivity contribution in [1.82, 2.24) is 25.4 Å². The molecule has 2 aromatic heterocycles. The number of aliphatic hydroxyl groups excluding tert-OH is 1. The molecule has 10 heteroatoms. The Morgan fingerprint density at radius 2 is 2.17 bits per heavy atom. The van der Waals surface area contributed by atoms with Crippen molar-refractivity contribution in [2.24, 2.45) is 0 Å². The lowest BCUT2D eigenvalue weighted by Crippen LogP contribution is -2.54. The van der Waals surface area contributed by atoms with Gasteiger partial charge in [0.1, 0.15) is 0 Å². The minimum Gasteiger partial charge on any atom is -0.481 e. The number of nitrogens with zero attached hydrogens (tertiary/aromatic N) is 3. The number of amides is 2. The number of likely N-dealkylation sites (tertiary alicyclic amines) is 1. The number of aliphatic hydroxyl groups is 1. The van der Waals surface area contributed by atoms with Crippen LogP contribution in [-0.2, 0) is 11.2 Å². The molecular weight excluding hydrogens is 378 g/mol. The lowest BCUT2D eigenvalue weighted by molar-refractivity contribution is -0.122. The fraction of sp³-hybridized carbons (Fsp3) is 0.421. The SMILES string of the molecule is COc1cc(C(=O)N2C[C@H](O)C[C@H](NC(=O)CCc3ccc(=O)[nH]n3)C2)ccn1. The number of aromatic nitrogens is 3. The summed E-state index contributed by atoms with van der Waals surface area (Å²) in [4.78, 5) is 41.5. The van der Waals surface area contributed by atoms with Crippen LogP contribution in [0.2, 0.25) is 0 Å². The average Bonchev–Trinajstić information content (AvgIpc) is 2.72. The molecule has 1 aliphatic rings. The van der Waals surface area contributed by atoms with Crippen molar-refractivity contribution in [3.63, 3.8) is 0 Å². The molecule has 3 rings (SSSR count). The molecule has 1 saturated heterocycles. The van der Waals surface area contributed by atoms with Crippen LogP contribution in [0.15, 0.2) is 35.3 Å². The van der Waals surface area contributed by atoms with Gasteiger partial charge >= 0.3 is 0 Å². The Hall–Kier alpha value is -3.27. The van der Waals surface area contributed by atoms with Crippen molar-refractivity contribution in [1.29, 1.82) is 0 Å². The Morgan fingerprint density at radius 1 is 1.34 bits per heavy atom. The molecule has 0 aliphatic carbocycles. The molecule has 3 heterocycles. The largest absolute Gasteiger partial charge is 0.481 e. The molecule has 1 fully saturated rings. The van der Waals surface area contributed by atoms with E-state index >= 15 is 0 Å². The Labute approximate surface area is 166 Å². The van der Waals surface area contributed by atoms with E-state index in [-0.39, 0.29) is 36.4 Å². The number of hydrogen-bond acceptors (Lipinski definition) is 7. The summed E-state index contributed by atoms with van der Waals surface area (Å²) in [7, 11) is 1.47. The highest BCUT2D eigenvalue weighted by Gasteiger charge is 2.30. The molecule has 10 nitrogen and oxygen atoms in total. The van der Waals surface area contributed by atoms with Crippen molar-refractivity contribution >= 4 is 11.8 Å². The maximum atomic E-state index is 12.8. The van der Waals surface area contributed by atoms with Gasteiger partial charge in [-0.2, -0.15) is 5.10 Å². The monoisotopic (exact) mass is 401 g/mol. The number of carbonyl (C=O) groups excluding carboxylic acids is 2. The number of aromatic amines is 1. The molecule has 1 aliphatic heterocycles. The van der Waals surface area contributed by atoms with Gasteiger partial charge in [0.05, 0.1) is 18.9 Å². The summed E-state index contributed by atoms with van der Waals surface area (Å²) in [6.07, 6.45) is 1.67. The zero-order chi connectivity index (χ0) is 20.8. The van der Waals surface area contributed by atoms with Crippen molar-refractivity contribution in [2.75, 3.05) is 20.2 Å². The first-order valence-electron chi connectivity index (χ1n) is 9.26. The van der Waals surface area contributed by atoms with Gasteiger partial charge in [0.15, 0.2) is 0 Å². The third-order valence-electron chi connectivity index (χ3n) is 4.62. The highest BCUT2D eigenvalue weighted by Crippen LogP contribution is 2.17. The van der Waals surface area contributed by atoms with Gasteiger partial charge < -0.3 is 20.1 Å². The first-order chi connectivity index (χ1) is 13.9. The second-order valence-corrected chi connectivity index (χ2v) is 6.86. The molecule has 0 unspecified atom stereocenters. The van der Waals surface area contributed by atoms with Gasteiger partial charge in [-0.05, 0) is 18.6 Å². The number of β-amino-alcohol motifs (C(OH)–C–C–N with tert-alkyl or cyclic N) is 1. The first kappa shape index (κ1) is 20.5. The molecule has 29 heavy (non-hydrogen) atoms. The maximum absolute atomic E-state index is 12.8. The van der Waals surface area contributed by atoms with Gasteiger partial charge in [0.2, 0.25) is 11.8 Å². The number of rotatable bonds is 6. The van der Waals surface area contributed by atoms with E-state index < -0.39 is 6.10 Å². The highest BCUT2D eigenvalue weighted by molar-refractivity contribution is 5.94. The first-order valence-corrected chi connectivity index (χ1v) is 9.26. The number of methoxy groups -OCH3 is 1. The molecule has 154 valence electrons. The van der Waals surface area contributed by atoms with E-state index in [1.165, 1.54) is 30.3 Å². The molecule has 2 amide bonds. The van der Waals surface area contributed by atoms with Crippen LogP contribution in [0.1, 0.15) is 28.9 Å². The normalized spacial score (nSPS) is 18.9. The molecule has 2 aromatic rings. The lowest BCUT2D eigenvalue weighted by Gasteiger charge is -2.36. The Balaban J connectivity index is 1.57. The van der Waals surface area contributed by atoms with Crippen molar-refractivity contribution in [3.05, 3.63) is 52.1 Å². The number of H-pyrrole nitrogens is 1. The minimum absolute atomic E-state index is 0.182. The van der Waals surface area contributed by atoms with E-state index in [4.69, 9.17) is 4.74 Å². The summed E-state index contributed by atoms with van der Waals surface area (Å²) in [6, 6.07) is 5.68. The standard InChI is InChI=1S/C19H23N5O5/c1-29-18-8-12(6-7-20-18)19(28)24-10-14(9-15(25)11-24)21-16(26)4-2-13-3-5-17(27)23-22-13/h3,5-8,14-15,25H,2,4,9-11H2,1H3,(H,21,26)(H,23,27)/t14-,15+/m0/s1. The summed E-state index contributed by atoms with van der Waals surface area (Å²) in [5.74, 6) is -0.148. The van der Waals surface area contributed by atoms with E-state index in [0.29, 0.717) is 36.5 Å². The van der Waals surface area contributed by atoms with E-state index in [0.717, 1.165) is 0 Å². The van der Waals surface area contributed by atoms with Gasteiger partial charge in [-0.3, -0.25) is 14.4 Å². The number of nitrogens with one attached hydrogen (secondary N) is 2. The van der Waals surface area contributed by atoms with E-state index in [1.807, 2.05) is 0 Å². The van der Waals surface area contributed by atoms with Crippen LogP contribution in [0, 0.1) is 0 Å². The Kier molecular flexibility index (Phi) is 6.55. The predicted molar refractivity (Wildman–Crippen MR) is 102 cm³/mol. The third-order valence-corrected chi connectivity index (χ3v) is 4.62. The van der Waals surface area contributed by atoms with Crippen LogP contribution in [0.25, 0.3) is 0 Å². The van der Waals surface area contributed by atoms with Crippen LogP contribution in [-0.4, -0.2) is 69.3 Å². The number of ether oxygens (including phenoxy) is 1. The number of aryl methyl sites for hydroxylation is 1. The van der Waals surface area contributed by atoms with Gasteiger partial charge in [0.25, 0.3) is 11.5 Å². The van der Waals surface area contributed by atoms with Crippen LogP contribution in [0.3, 0.4) is 0 Å². The summed E-state index contributed by atoms with van der Waals surface area (Å²) in [6.45, 7) is 0.486. The van der Waals surface area contributed by atoms with Crippen molar-refractivity contribution in [2.45, 2.75) is 31.4 Å². The molecule has 0 saturated carbocycles. The fourth-order valence-electron chi connectivity index (χ4n) is 3.23. The second-order valence-electron chi connectivity index (χ2n) is 6.86. The Morgan fingerprint density at radius 3 is 2.90 bits per heavy atom. The van der Waals surface area contributed by atoms with E-state index in [9.17, 15) is 19.5 Å². The van der Waals surface area contributed by atoms with E-state index in [2.05, 4.69) is 20.5 Å². The predicted octanol–water partition coefficient (Wildman–Crippen LogP) is -0.502. The third kappa shape index (κ3) is 5.61. The van der Waals surface area contributed by atoms with Gasteiger partial charge in [0, 0.05) is 55.9 Å². The number of hydrogen-bond donors (Lipinski definition) is 3. The minimum atomic E-state index is -0.734. The lowest BCUT2D eigenvalue weighted by atomic mass is 10.0. The van der Waals surface area contributed by atoms with Gasteiger partial charge in [-0.15, -0.1) is 0 Å². The second kappa shape index (κ2) is 9.28. The summed E-state index contributed by atoms with van der Waals surface area (Å²) < 4.78 is 5.04. The van der Waals surface area contributed by atoms with Gasteiger partial charge in [-0.1, -0.05) is 0 Å². The molecule has 2 atom stereocenters. The van der Waals surface area contributed by atoms with Crippen molar-refractivity contribution in [3.8, 4) is 5.88 Å². The molecule has 0 bridgehead atoms. The van der Waals surface area contributed by atoms with Crippen LogP contribution in [0.5, 0.6) is 5.88 Å². The van der Waals surface area contributed by atoms with Crippen LogP contribution < -0.4 is 15.6 Å². The van der Waals surface area contributed by atoms with E-state index in [1.54, 1.807) is 12.1 Å². The summed E-state index contributed by atoms with van der Waals surface area (Å²) in [5.41, 5.74) is 0.706. The van der Waals surface area contributed by atoms with Crippen molar-refractivity contribution < 1.29 is 19.4 Å². The Bertz CT molecular complexity index is 911. The topological polar surface area (TPSA) is 138 Å². The number of piperidine rings is 1. The van der Waals surface area contributed by atoms with Crippen LogP contribution >= 0.6 is 0 Å². The average molecular weight is 401 g/mol. The quantitative estimate of drug-likeness (QED) is 0.593. The fourth-order valence-corrected chi connectivity index (χ4v) is 3.23. The molecule has 3 N–H and O–H groups in total.